The fourth-order valence-electron chi connectivity index (χ4n) is 1.41. The second-order valence-electron chi connectivity index (χ2n) is 4.73. The Morgan fingerprint density at radius 1 is 1.35 bits per heavy atom. The molecule has 116 valence electrons. The molecule has 2 unspecified atom stereocenters. The van der Waals surface area contributed by atoms with E-state index in [0.717, 1.165) is 11.8 Å². The normalized spacial score (nSPS) is 13.7. The first-order valence-corrected chi connectivity index (χ1v) is 7.36. The summed E-state index contributed by atoms with van der Waals surface area (Å²) in [5.41, 5.74) is 5.31. The van der Waals surface area contributed by atoms with Gasteiger partial charge in [0.1, 0.15) is 12.1 Å². The summed E-state index contributed by atoms with van der Waals surface area (Å²) < 4.78 is 4.63. The van der Waals surface area contributed by atoms with E-state index < -0.39 is 24.0 Å². The average molecular weight is 306 g/mol. The van der Waals surface area contributed by atoms with E-state index in [0.29, 0.717) is 6.42 Å². The Morgan fingerprint density at radius 3 is 2.40 bits per heavy atom. The van der Waals surface area contributed by atoms with Gasteiger partial charge in [0.05, 0.1) is 12.9 Å². The molecule has 0 rings (SSSR count). The topological polar surface area (TPSA) is 119 Å². The summed E-state index contributed by atoms with van der Waals surface area (Å²) >= 11 is 1.11. The van der Waals surface area contributed by atoms with E-state index in [1.54, 1.807) is 0 Å². The van der Waals surface area contributed by atoms with Crippen LogP contribution in [0.25, 0.3) is 0 Å². The van der Waals surface area contributed by atoms with Gasteiger partial charge in [0.2, 0.25) is 5.91 Å². The van der Waals surface area contributed by atoms with E-state index in [1.165, 1.54) is 7.11 Å². The third kappa shape index (κ3) is 8.00. The number of carbonyl (C=O) groups is 3. The Hall–Kier alpha value is -1.28. The van der Waals surface area contributed by atoms with Crippen LogP contribution in [-0.4, -0.2) is 53.7 Å². The van der Waals surface area contributed by atoms with Crippen LogP contribution in [0, 0.1) is 5.92 Å². The van der Waals surface area contributed by atoms with Crippen molar-refractivity contribution in [1.29, 1.82) is 0 Å². The highest BCUT2D eigenvalue weighted by molar-refractivity contribution is 8.00. The smallest absolute Gasteiger partial charge is 0.328 e. The van der Waals surface area contributed by atoms with Gasteiger partial charge in [-0.25, -0.2) is 4.79 Å². The SMILES string of the molecule is COC(=O)C(CC(C)C)NC(=O)CSCC(N)C(=O)O. The number of amides is 1. The van der Waals surface area contributed by atoms with Crippen molar-refractivity contribution in [1.82, 2.24) is 5.32 Å². The number of carboxylic acid groups (broad SMARTS) is 1. The van der Waals surface area contributed by atoms with Crippen LogP contribution in [0.2, 0.25) is 0 Å². The van der Waals surface area contributed by atoms with E-state index in [9.17, 15) is 14.4 Å². The number of hydrogen-bond acceptors (Lipinski definition) is 6. The highest BCUT2D eigenvalue weighted by atomic mass is 32.2. The van der Waals surface area contributed by atoms with Crippen LogP contribution < -0.4 is 11.1 Å². The van der Waals surface area contributed by atoms with Crippen molar-refractivity contribution < 1.29 is 24.2 Å². The predicted molar refractivity (Wildman–Crippen MR) is 76.3 cm³/mol. The van der Waals surface area contributed by atoms with Crippen molar-refractivity contribution >= 4 is 29.6 Å². The Kier molecular flexibility index (Phi) is 8.98. The molecule has 0 aromatic rings. The van der Waals surface area contributed by atoms with Gasteiger partial charge in [0.25, 0.3) is 0 Å². The van der Waals surface area contributed by atoms with Gasteiger partial charge < -0.3 is 20.9 Å². The molecule has 0 heterocycles. The summed E-state index contributed by atoms with van der Waals surface area (Å²) in [5.74, 6) is -1.52. The lowest BCUT2D eigenvalue weighted by molar-refractivity contribution is -0.145. The lowest BCUT2D eigenvalue weighted by atomic mass is 10.0. The van der Waals surface area contributed by atoms with E-state index >= 15 is 0 Å². The van der Waals surface area contributed by atoms with Gasteiger partial charge >= 0.3 is 11.9 Å². The number of carbonyl (C=O) groups excluding carboxylic acids is 2. The molecule has 0 saturated carbocycles. The van der Waals surface area contributed by atoms with Crippen molar-refractivity contribution in [3.8, 4) is 0 Å². The van der Waals surface area contributed by atoms with Gasteiger partial charge in [-0.2, -0.15) is 0 Å². The molecule has 0 aromatic heterocycles. The third-order valence-electron chi connectivity index (χ3n) is 2.38. The van der Waals surface area contributed by atoms with Crippen molar-refractivity contribution in [2.75, 3.05) is 18.6 Å². The van der Waals surface area contributed by atoms with Crippen LogP contribution in [0.3, 0.4) is 0 Å². The molecular formula is C12H22N2O5S. The summed E-state index contributed by atoms with van der Waals surface area (Å²) in [7, 11) is 1.27. The summed E-state index contributed by atoms with van der Waals surface area (Å²) in [4.78, 5) is 33.7. The minimum Gasteiger partial charge on any atom is -0.480 e. The standard InChI is InChI=1S/C12H22N2O5S/c1-7(2)4-9(12(18)19-3)14-10(15)6-20-5-8(13)11(16)17/h7-9H,4-6,13H2,1-3H3,(H,14,15)(H,16,17). The van der Waals surface area contributed by atoms with Crippen LogP contribution in [0.1, 0.15) is 20.3 Å². The molecule has 20 heavy (non-hydrogen) atoms. The number of hydrogen-bond donors (Lipinski definition) is 3. The average Bonchev–Trinajstić information content (AvgIpc) is 2.36. The van der Waals surface area contributed by atoms with Crippen molar-refractivity contribution in [2.24, 2.45) is 11.7 Å². The molecular weight excluding hydrogens is 284 g/mol. The zero-order valence-corrected chi connectivity index (χ0v) is 12.7. The molecule has 0 saturated heterocycles. The highest BCUT2D eigenvalue weighted by Gasteiger charge is 2.22. The minimum atomic E-state index is -1.11. The number of ether oxygens (including phenoxy) is 1. The highest BCUT2D eigenvalue weighted by Crippen LogP contribution is 2.07. The zero-order valence-electron chi connectivity index (χ0n) is 11.9. The number of carboxylic acids is 1. The third-order valence-corrected chi connectivity index (χ3v) is 3.44. The number of rotatable bonds is 9. The number of nitrogens with one attached hydrogen (secondary N) is 1. The van der Waals surface area contributed by atoms with Crippen molar-refractivity contribution in [2.45, 2.75) is 32.4 Å². The van der Waals surface area contributed by atoms with Gasteiger partial charge in [0, 0.05) is 5.75 Å². The van der Waals surface area contributed by atoms with Crippen LogP contribution in [0.15, 0.2) is 0 Å². The predicted octanol–water partition coefficient (Wildman–Crippen LogP) is -0.165. The first kappa shape index (κ1) is 18.7. The molecule has 0 radical (unpaired) electrons. The molecule has 4 N–H and O–H groups in total. The second kappa shape index (κ2) is 9.60. The summed E-state index contributed by atoms with van der Waals surface area (Å²) in [6, 6.07) is -1.68. The monoisotopic (exact) mass is 306 g/mol. The molecule has 0 aromatic carbocycles. The maximum atomic E-state index is 11.7. The molecule has 0 bridgehead atoms. The van der Waals surface area contributed by atoms with Gasteiger partial charge in [-0.1, -0.05) is 13.8 Å². The van der Waals surface area contributed by atoms with E-state index in [2.05, 4.69) is 10.1 Å². The maximum Gasteiger partial charge on any atom is 0.328 e. The molecule has 2 atom stereocenters. The molecule has 8 heteroatoms. The van der Waals surface area contributed by atoms with Crippen LogP contribution in [0.4, 0.5) is 0 Å². The molecule has 0 spiro atoms. The van der Waals surface area contributed by atoms with E-state index in [-0.39, 0.29) is 23.3 Å². The largest absolute Gasteiger partial charge is 0.480 e. The number of thioether (sulfide) groups is 1. The molecule has 0 aliphatic heterocycles. The second-order valence-corrected chi connectivity index (χ2v) is 5.76. The number of aliphatic carboxylic acids is 1. The minimum absolute atomic E-state index is 0.0482. The summed E-state index contributed by atoms with van der Waals surface area (Å²) in [5, 5.41) is 11.2. The molecule has 0 aliphatic carbocycles. The fraction of sp³-hybridized carbons (Fsp3) is 0.750. The molecule has 1 amide bonds. The Labute approximate surface area is 122 Å². The van der Waals surface area contributed by atoms with Gasteiger partial charge in [-0.3, -0.25) is 9.59 Å². The molecule has 0 fully saturated rings. The van der Waals surface area contributed by atoms with Crippen LogP contribution in [0.5, 0.6) is 0 Å². The van der Waals surface area contributed by atoms with Gasteiger partial charge in [-0.05, 0) is 12.3 Å². The van der Waals surface area contributed by atoms with Gasteiger partial charge in [0.15, 0.2) is 0 Å². The quantitative estimate of drug-likeness (QED) is 0.506. The molecule has 0 aliphatic rings. The fourth-order valence-corrected chi connectivity index (χ4v) is 2.20. The Morgan fingerprint density at radius 2 is 1.95 bits per heavy atom. The van der Waals surface area contributed by atoms with E-state index in [1.807, 2.05) is 13.8 Å². The number of esters is 1. The van der Waals surface area contributed by atoms with E-state index in [4.69, 9.17) is 10.8 Å². The van der Waals surface area contributed by atoms with Crippen LogP contribution in [-0.2, 0) is 19.1 Å². The lowest BCUT2D eigenvalue weighted by Gasteiger charge is -2.18. The van der Waals surface area contributed by atoms with Crippen molar-refractivity contribution in [3.63, 3.8) is 0 Å². The number of nitrogens with two attached hydrogens (primary N) is 1. The Balaban J connectivity index is 4.19. The van der Waals surface area contributed by atoms with Crippen LogP contribution >= 0.6 is 11.8 Å². The first-order chi connectivity index (χ1) is 9.27. The summed E-state index contributed by atoms with van der Waals surface area (Å²) in [6.07, 6.45) is 0.484. The molecule has 7 nitrogen and oxygen atoms in total. The lowest BCUT2D eigenvalue weighted by Crippen LogP contribution is -2.43. The van der Waals surface area contributed by atoms with Gasteiger partial charge in [-0.15, -0.1) is 11.8 Å². The first-order valence-electron chi connectivity index (χ1n) is 6.21. The Bertz CT molecular complexity index is 349. The summed E-state index contributed by atoms with van der Waals surface area (Å²) in [6.45, 7) is 3.87. The zero-order chi connectivity index (χ0) is 15.7. The van der Waals surface area contributed by atoms with Crippen molar-refractivity contribution in [3.05, 3.63) is 0 Å². The number of methoxy groups -OCH3 is 1. The maximum absolute atomic E-state index is 11.7.